The van der Waals surface area contributed by atoms with Crippen LogP contribution in [0.1, 0.15) is 27.7 Å². The number of ether oxygens (including phenoxy) is 5. The van der Waals surface area contributed by atoms with Gasteiger partial charge in [0.25, 0.3) is 5.91 Å². The summed E-state index contributed by atoms with van der Waals surface area (Å²) in [5.74, 6) is -3.82. The third-order valence-electron chi connectivity index (χ3n) is 3.82. The third kappa shape index (κ3) is 3.20. The smallest absolute Gasteiger partial charge is 0.252 e. The second kappa shape index (κ2) is 5.38. The molecule has 130 valence electrons. The molecule has 3 aliphatic rings. The van der Waals surface area contributed by atoms with Crippen molar-refractivity contribution in [1.82, 2.24) is 5.32 Å². The summed E-state index contributed by atoms with van der Waals surface area (Å²) in [6.07, 6.45) is -3.71. The fraction of sp³-hybridized carbons (Fsp3) is 0.857. The number of amides is 1. The second-order valence-corrected chi connectivity index (χ2v) is 6.68. The van der Waals surface area contributed by atoms with Crippen LogP contribution in [-0.4, -0.2) is 60.7 Å². The normalized spacial score (nSPS) is 40.3. The Morgan fingerprint density at radius 1 is 0.957 bits per heavy atom. The van der Waals surface area contributed by atoms with Crippen molar-refractivity contribution in [2.24, 2.45) is 0 Å². The molecule has 0 aromatic carbocycles. The minimum Gasteiger partial charge on any atom is -0.548 e. The highest BCUT2D eigenvalue weighted by Crippen LogP contribution is 2.44. The van der Waals surface area contributed by atoms with Crippen molar-refractivity contribution in [1.29, 1.82) is 0 Å². The fourth-order valence-corrected chi connectivity index (χ4v) is 3.08. The molecule has 3 rings (SSSR count). The van der Waals surface area contributed by atoms with Crippen LogP contribution in [0.15, 0.2) is 0 Å². The first-order valence-corrected chi connectivity index (χ1v) is 7.42. The summed E-state index contributed by atoms with van der Waals surface area (Å²) >= 11 is 0. The van der Waals surface area contributed by atoms with Crippen molar-refractivity contribution < 1.29 is 38.4 Å². The molecule has 1 N–H and O–H groups in total. The van der Waals surface area contributed by atoms with E-state index in [1.54, 1.807) is 27.7 Å². The van der Waals surface area contributed by atoms with E-state index in [-0.39, 0.29) is 0 Å². The highest BCUT2D eigenvalue weighted by atomic mass is 16.9. The zero-order chi connectivity index (χ0) is 17.0. The van der Waals surface area contributed by atoms with E-state index in [1.807, 2.05) is 0 Å². The highest BCUT2D eigenvalue weighted by molar-refractivity contribution is 5.84. The number of carbonyl (C=O) groups is 2. The molecule has 3 aliphatic heterocycles. The van der Waals surface area contributed by atoms with Gasteiger partial charge in [-0.05, 0) is 27.7 Å². The van der Waals surface area contributed by atoms with Crippen molar-refractivity contribution in [3.8, 4) is 0 Å². The lowest BCUT2D eigenvalue weighted by Crippen LogP contribution is -2.60. The first-order valence-electron chi connectivity index (χ1n) is 7.42. The minimum absolute atomic E-state index is 0.540. The lowest BCUT2D eigenvalue weighted by Gasteiger charge is -2.36. The van der Waals surface area contributed by atoms with Crippen LogP contribution in [0.2, 0.25) is 0 Å². The molecule has 0 aromatic rings. The van der Waals surface area contributed by atoms with E-state index in [9.17, 15) is 14.7 Å². The topological polar surface area (TPSA) is 115 Å². The molecule has 0 saturated carbocycles. The van der Waals surface area contributed by atoms with Crippen LogP contribution in [0.25, 0.3) is 0 Å². The number of aliphatic carboxylic acids is 1. The molecule has 1 amide bonds. The second-order valence-electron chi connectivity index (χ2n) is 6.68. The van der Waals surface area contributed by atoms with Crippen LogP contribution in [-0.2, 0) is 33.3 Å². The van der Waals surface area contributed by atoms with Crippen LogP contribution < -0.4 is 10.4 Å². The molecule has 3 fully saturated rings. The maximum Gasteiger partial charge on any atom is 0.252 e. The zero-order valence-corrected chi connectivity index (χ0v) is 13.4. The van der Waals surface area contributed by atoms with Crippen LogP contribution in [0.3, 0.4) is 0 Å². The maximum atomic E-state index is 12.2. The van der Waals surface area contributed by atoms with Crippen LogP contribution in [0, 0.1) is 0 Å². The van der Waals surface area contributed by atoms with E-state index >= 15 is 0 Å². The Morgan fingerprint density at radius 2 is 1.52 bits per heavy atom. The van der Waals surface area contributed by atoms with Gasteiger partial charge in [-0.25, -0.2) is 0 Å². The summed E-state index contributed by atoms with van der Waals surface area (Å²) in [5, 5.41) is 12.8. The van der Waals surface area contributed by atoms with Gasteiger partial charge in [-0.15, -0.1) is 0 Å². The molecule has 0 aliphatic carbocycles. The van der Waals surface area contributed by atoms with Gasteiger partial charge < -0.3 is 38.9 Å². The van der Waals surface area contributed by atoms with Crippen molar-refractivity contribution in [3.05, 3.63) is 0 Å². The van der Waals surface area contributed by atoms with Crippen LogP contribution in [0.5, 0.6) is 0 Å². The Labute approximate surface area is 133 Å². The molecule has 23 heavy (non-hydrogen) atoms. The average Bonchev–Trinajstić information content (AvgIpc) is 2.89. The molecule has 0 unspecified atom stereocenters. The van der Waals surface area contributed by atoms with E-state index in [2.05, 4.69) is 5.32 Å². The monoisotopic (exact) mass is 330 g/mol. The van der Waals surface area contributed by atoms with E-state index in [0.717, 1.165) is 0 Å². The third-order valence-corrected chi connectivity index (χ3v) is 3.82. The summed E-state index contributed by atoms with van der Waals surface area (Å²) in [7, 11) is 0. The molecule has 0 bridgehead atoms. The Hall–Kier alpha value is -1.26. The number of hydrogen-bond acceptors (Lipinski definition) is 8. The van der Waals surface area contributed by atoms with E-state index in [0.29, 0.717) is 0 Å². The molecule has 3 saturated heterocycles. The van der Waals surface area contributed by atoms with E-state index in [1.165, 1.54) is 0 Å². The Morgan fingerprint density at radius 3 is 2.17 bits per heavy atom. The highest BCUT2D eigenvalue weighted by Gasteiger charge is 2.62. The largest absolute Gasteiger partial charge is 0.548 e. The predicted molar refractivity (Wildman–Crippen MR) is 70.5 cm³/mol. The number of nitrogens with one attached hydrogen (secondary N) is 1. The Kier molecular flexibility index (Phi) is 3.88. The Balaban J connectivity index is 1.81. The maximum absolute atomic E-state index is 12.2. The van der Waals surface area contributed by atoms with Gasteiger partial charge in [0.15, 0.2) is 24.0 Å². The SMILES string of the molecule is CC1(C)O[C@H]2[C@@H](O1)[C@H](C(=O)NCC(=O)[O-])O[C@@H]1OC(C)(C)O[C@@H]12. The molecule has 0 spiro atoms. The molecule has 3 heterocycles. The van der Waals surface area contributed by atoms with E-state index < -0.39 is 60.7 Å². The van der Waals surface area contributed by atoms with Crippen LogP contribution in [0.4, 0.5) is 0 Å². The molecule has 9 heteroatoms. The summed E-state index contributed by atoms with van der Waals surface area (Å²) in [4.78, 5) is 22.8. The molecular formula is C14H20NO8-. The number of fused-ring (bicyclic) bond motifs is 3. The number of hydrogen-bond donors (Lipinski definition) is 1. The average molecular weight is 330 g/mol. The molecular weight excluding hydrogens is 310 g/mol. The summed E-state index contributed by atoms with van der Waals surface area (Å²) in [6.45, 7) is 6.29. The van der Waals surface area contributed by atoms with Gasteiger partial charge in [0, 0.05) is 0 Å². The number of carboxylic acid groups (broad SMARTS) is 1. The van der Waals surface area contributed by atoms with Gasteiger partial charge in [0.1, 0.15) is 18.3 Å². The van der Waals surface area contributed by atoms with Crippen LogP contribution >= 0.6 is 0 Å². The molecule has 5 atom stereocenters. The quantitative estimate of drug-likeness (QED) is 0.648. The van der Waals surface area contributed by atoms with Gasteiger partial charge in [-0.2, -0.15) is 0 Å². The van der Waals surface area contributed by atoms with Gasteiger partial charge in [-0.1, -0.05) is 0 Å². The minimum atomic E-state index is -1.39. The number of rotatable bonds is 3. The van der Waals surface area contributed by atoms with Crippen molar-refractivity contribution >= 4 is 11.9 Å². The van der Waals surface area contributed by atoms with Gasteiger partial charge >= 0.3 is 0 Å². The van der Waals surface area contributed by atoms with Gasteiger partial charge in [-0.3, -0.25) is 4.79 Å². The molecule has 0 aromatic heterocycles. The fourth-order valence-electron chi connectivity index (χ4n) is 3.08. The van der Waals surface area contributed by atoms with Crippen molar-refractivity contribution in [2.45, 2.75) is 70.0 Å². The molecule has 9 nitrogen and oxygen atoms in total. The Bertz CT molecular complexity index is 519. The molecule has 0 radical (unpaired) electrons. The first-order chi connectivity index (χ1) is 10.6. The first kappa shape index (κ1) is 16.6. The lowest BCUT2D eigenvalue weighted by molar-refractivity contribution is -0.304. The summed E-state index contributed by atoms with van der Waals surface area (Å²) in [6, 6.07) is 0. The van der Waals surface area contributed by atoms with Crippen molar-refractivity contribution in [3.63, 3.8) is 0 Å². The standard InChI is InChI=1S/C14H21NO8/c1-13(2)20-7-8(21-13)10-12(23-14(3,4)22-10)19-9(7)11(18)15-5-6(16)17/h7-10,12H,5H2,1-4H3,(H,15,18)(H,16,17)/p-1/t7-,8+,9-,10-,12-/m1/s1. The number of carbonyl (C=O) groups excluding carboxylic acids is 2. The van der Waals surface area contributed by atoms with Crippen molar-refractivity contribution in [2.75, 3.05) is 6.54 Å². The van der Waals surface area contributed by atoms with Gasteiger partial charge in [0.2, 0.25) is 0 Å². The number of carboxylic acids is 1. The predicted octanol–water partition coefficient (Wildman–Crippen LogP) is -1.75. The van der Waals surface area contributed by atoms with E-state index in [4.69, 9.17) is 23.7 Å². The van der Waals surface area contributed by atoms with Gasteiger partial charge in [0.05, 0.1) is 12.5 Å². The lowest BCUT2D eigenvalue weighted by atomic mass is 9.98. The summed E-state index contributed by atoms with van der Waals surface area (Å²) in [5.41, 5.74) is 0. The zero-order valence-electron chi connectivity index (χ0n) is 13.4. The summed E-state index contributed by atoms with van der Waals surface area (Å²) < 4.78 is 28.7.